The molecule has 1 amide bonds. The van der Waals surface area contributed by atoms with Crippen LogP contribution in [0, 0.1) is 0 Å². The Bertz CT molecular complexity index is 1140. The summed E-state index contributed by atoms with van der Waals surface area (Å²) in [6.45, 7) is 0.295. The van der Waals surface area contributed by atoms with Crippen LogP contribution in [0.4, 0.5) is 0 Å². The number of benzene rings is 3. The Morgan fingerprint density at radius 3 is 2.03 bits per heavy atom. The van der Waals surface area contributed by atoms with Crippen molar-refractivity contribution in [1.82, 2.24) is 10.0 Å². The van der Waals surface area contributed by atoms with E-state index in [1.165, 1.54) is 32.4 Å². The number of rotatable bonds is 10. The lowest BCUT2D eigenvalue weighted by molar-refractivity contribution is -0.122. The molecule has 1 atom stereocenters. The Kier molecular flexibility index (Phi) is 7.86. The minimum absolute atomic E-state index is 0.0240. The molecule has 0 bridgehead atoms. The van der Waals surface area contributed by atoms with E-state index in [0.717, 1.165) is 11.1 Å². The van der Waals surface area contributed by atoms with Crippen LogP contribution in [0.1, 0.15) is 11.1 Å². The lowest BCUT2D eigenvalue weighted by Crippen LogP contribution is -2.47. The number of methoxy groups -OCH3 is 2. The molecule has 0 saturated heterocycles. The normalized spacial score (nSPS) is 12.1. The summed E-state index contributed by atoms with van der Waals surface area (Å²) in [5.74, 6) is 0.276. The number of ether oxygens (including phenoxy) is 2. The Hall–Kier alpha value is -3.36. The van der Waals surface area contributed by atoms with Crippen LogP contribution in [0.15, 0.2) is 83.8 Å². The molecule has 0 fully saturated rings. The summed E-state index contributed by atoms with van der Waals surface area (Å²) >= 11 is 0. The number of hydrogen-bond donors (Lipinski definition) is 2. The van der Waals surface area contributed by atoms with Crippen LogP contribution in [-0.2, 0) is 27.8 Å². The van der Waals surface area contributed by atoms with Gasteiger partial charge in [0.2, 0.25) is 15.9 Å². The number of hydrogen-bond acceptors (Lipinski definition) is 5. The standard InChI is InChI=1S/C24H26N2O5S/c1-30-22-14-13-20(16-23(22)31-2)32(28,29)26-21(15-18-9-5-3-6-10-18)24(27)25-17-19-11-7-4-8-12-19/h3-14,16,21,26H,15,17H2,1-2H3,(H,25,27)/t21-/m1/s1. The van der Waals surface area contributed by atoms with Gasteiger partial charge in [-0.2, -0.15) is 4.72 Å². The quantitative estimate of drug-likeness (QED) is 0.491. The third-order valence-electron chi connectivity index (χ3n) is 4.87. The van der Waals surface area contributed by atoms with E-state index < -0.39 is 22.0 Å². The van der Waals surface area contributed by atoms with Gasteiger partial charge in [-0.3, -0.25) is 4.79 Å². The monoisotopic (exact) mass is 454 g/mol. The summed E-state index contributed by atoms with van der Waals surface area (Å²) in [6.07, 6.45) is 0.202. The van der Waals surface area contributed by atoms with Gasteiger partial charge in [0.25, 0.3) is 0 Å². The molecule has 0 aliphatic heterocycles. The lowest BCUT2D eigenvalue weighted by Gasteiger charge is -2.19. The van der Waals surface area contributed by atoms with Crippen LogP contribution in [-0.4, -0.2) is 34.6 Å². The van der Waals surface area contributed by atoms with Crippen LogP contribution >= 0.6 is 0 Å². The molecule has 168 valence electrons. The first kappa shape index (κ1) is 23.3. The molecule has 32 heavy (non-hydrogen) atoms. The second-order valence-corrected chi connectivity index (χ2v) is 8.80. The molecule has 7 nitrogen and oxygen atoms in total. The maximum absolute atomic E-state index is 13.1. The van der Waals surface area contributed by atoms with Crippen molar-refractivity contribution in [3.8, 4) is 11.5 Å². The van der Waals surface area contributed by atoms with Crippen LogP contribution < -0.4 is 19.5 Å². The molecule has 0 aromatic heterocycles. The minimum Gasteiger partial charge on any atom is -0.493 e. The Morgan fingerprint density at radius 2 is 1.44 bits per heavy atom. The van der Waals surface area contributed by atoms with Crippen molar-refractivity contribution >= 4 is 15.9 Å². The molecule has 2 N–H and O–H groups in total. The topological polar surface area (TPSA) is 93.7 Å². The molecule has 0 saturated carbocycles. The lowest BCUT2D eigenvalue weighted by atomic mass is 10.1. The van der Waals surface area contributed by atoms with Gasteiger partial charge in [0.15, 0.2) is 11.5 Å². The number of carbonyl (C=O) groups is 1. The fraction of sp³-hybridized carbons (Fsp3) is 0.208. The minimum atomic E-state index is -4.01. The molecule has 0 spiro atoms. The first-order chi connectivity index (χ1) is 15.4. The van der Waals surface area contributed by atoms with Gasteiger partial charge in [-0.15, -0.1) is 0 Å². The van der Waals surface area contributed by atoms with Crippen molar-refractivity contribution in [3.05, 3.63) is 90.0 Å². The molecular formula is C24H26N2O5S. The zero-order chi connectivity index (χ0) is 23.0. The third kappa shape index (κ3) is 6.09. The third-order valence-corrected chi connectivity index (χ3v) is 6.34. The molecule has 0 aliphatic carbocycles. The summed E-state index contributed by atoms with van der Waals surface area (Å²) in [7, 11) is -1.11. The average molecular weight is 455 g/mol. The van der Waals surface area contributed by atoms with Crippen LogP contribution in [0.25, 0.3) is 0 Å². The zero-order valence-electron chi connectivity index (χ0n) is 17.9. The van der Waals surface area contributed by atoms with E-state index >= 15 is 0 Å². The van der Waals surface area contributed by atoms with Crippen LogP contribution in [0.3, 0.4) is 0 Å². The molecule has 0 aliphatic rings. The molecular weight excluding hydrogens is 428 g/mol. The van der Waals surface area contributed by atoms with E-state index in [2.05, 4.69) is 10.0 Å². The maximum atomic E-state index is 13.1. The van der Waals surface area contributed by atoms with E-state index in [0.29, 0.717) is 12.3 Å². The van der Waals surface area contributed by atoms with Crippen LogP contribution in [0.5, 0.6) is 11.5 Å². The van der Waals surface area contributed by atoms with Gasteiger partial charge in [-0.25, -0.2) is 8.42 Å². The number of carbonyl (C=O) groups excluding carboxylic acids is 1. The highest BCUT2D eigenvalue weighted by atomic mass is 32.2. The molecule has 3 aromatic rings. The summed E-state index contributed by atoms with van der Waals surface area (Å²) in [4.78, 5) is 12.9. The van der Waals surface area contributed by atoms with Gasteiger partial charge in [0, 0.05) is 12.6 Å². The van der Waals surface area contributed by atoms with Crippen molar-refractivity contribution in [2.75, 3.05) is 14.2 Å². The average Bonchev–Trinajstić information content (AvgIpc) is 2.82. The van der Waals surface area contributed by atoms with Gasteiger partial charge >= 0.3 is 0 Å². The van der Waals surface area contributed by atoms with E-state index in [1.54, 1.807) is 0 Å². The highest BCUT2D eigenvalue weighted by Crippen LogP contribution is 2.29. The van der Waals surface area contributed by atoms with Gasteiger partial charge in [-0.1, -0.05) is 60.7 Å². The number of amides is 1. The first-order valence-electron chi connectivity index (χ1n) is 10.0. The molecule has 8 heteroatoms. The molecule has 0 heterocycles. The van der Waals surface area contributed by atoms with Gasteiger partial charge < -0.3 is 14.8 Å². The van der Waals surface area contributed by atoms with Crippen molar-refractivity contribution < 1.29 is 22.7 Å². The summed E-state index contributed by atoms with van der Waals surface area (Å²) in [6, 6.07) is 22.0. The SMILES string of the molecule is COc1ccc(S(=O)(=O)N[C@H](Cc2ccccc2)C(=O)NCc2ccccc2)cc1OC. The van der Waals surface area contributed by atoms with E-state index in [1.807, 2.05) is 60.7 Å². The number of sulfonamides is 1. The summed E-state index contributed by atoms with van der Waals surface area (Å²) in [5, 5.41) is 2.82. The zero-order valence-corrected chi connectivity index (χ0v) is 18.8. The first-order valence-corrected chi connectivity index (χ1v) is 11.5. The second kappa shape index (κ2) is 10.8. The van der Waals surface area contributed by atoms with Crippen molar-refractivity contribution in [2.24, 2.45) is 0 Å². The predicted molar refractivity (Wildman–Crippen MR) is 122 cm³/mol. The van der Waals surface area contributed by atoms with Gasteiger partial charge in [0.1, 0.15) is 6.04 Å². The van der Waals surface area contributed by atoms with Crippen LogP contribution in [0.2, 0.25) is 0 Å². The predicted octanol–water partition coefficient (Wildman–Crippen LogP) is 2.91. The maximum Gasteiger partial charge on any atom is 0.241 e. The fourth-order valence-corrected chi connectivity index (χ4v) is 4.40. The fourth-order valence-electron chi connectivity index (χ4n) is 3.18. The highest BCUT2D eigenvalue weighted by Gasteiger charge is 2.27. The van der Waals surface area contributed by atoms with E-state index in [9.17, 15) is 13.2 Å². The Balaban J connectivity index is 1.83. The van der Waals surface area contributed by atoms with Crippen molar-refractivity contribution in [2.45, 2.75) is 23.9 Å². The van der Waals surface area contributed by atoms with Crippen molar-refractivity contribution in [3.63, 3.8) is 0 Å². The Labute approximate surface area is 188 Å². The number of nitrogens with one attached hydrogen (secondary N) is 2. The van der Waals surface area contributed by atoms with E-state index in [-0.39, 0.29) is 17.1 Å². The van der Waals surface area contributed by atoms with Gasteiger partial charge in [0.05, 0.1) is 19.1 Å². The second-order valence-electron chi connectivity index (χ2n) is 7.08. The van der Waals surface area contributed by atoms with Gasteiger partial charge in [-0.05, 0) is 29.7 Å². The van der Waals surface area contributed by atoms with E-state index in [4.69, 9.17) is 9.47 Å². The molecule has 0 unspecified atom stereocenters. The molecule has 3 rings (SSSR count). The molecule has 3 aromatic carbocycles. The smallest absolute Gasteiger partial charge is 0.241 e. The summed E-state index contributed by atoms with van der Waals surface area (Å²) in [5.41, 5.74) is 1.75. The highest BCUT2D eigenvalue weighted by molar-refractivity contribution is 7.89. The van der Waals surface area contributed by atoms with Crippen molar-refractivity contribution in [1.29, 1.82) is 0 Å². The summed E-state index contributed by atoms with van der Waals surface area (Å²) < 4.78 is 39.1. The largest absolute Gasteiger partial charge is 0.493 e. The molecule has 0 radical (unpaired) electrons. The Morgan fingerprint density at radius 1 is 0.844 bits per heavy atom.